The molecule has 4 aliphatic rings. The third-order valence-corrected chi connectivity index (χ3v) is 13.7. The molecule has 1 unspecified atom stereocenters. The van der Waals surface area contributed by atoms with Crippen molar-refractivity contribution >= 4 is 23.3 Å². The van der Waals surface area contributed by atoms with Crippen molar-refractivity contribution < 1.29 is 23.8 Å². The van der Waals surface area contributed by atoms with E-state index in [9.17, 15) is 9.59 Å². The predicted octanol–water partition coefficient (Wildman–Crippen LogP) is 12.2. The van der Waals surface area contributed by atoms with Crippen molar-refractivity contribution in [1.82, 2.24) is 0 Å². The van der Waals surface area contributed by atoms with Crippen LogP contribution in [0.3, 0.4) is 0 Å². The molecule has 3 fully saturated rings. The molecule has 0 saturated heterocycles. The number of nitrogens with zero attached hydrogens (tertiary/aromatic N) is 2. The molecule has 4 aliphatic carbocycles. The van der Waals surface area contributed by atoms with Crippen LogP contribution in [0.25, 0.3) is 0 Å². The first kappa shape index (κ1) is 39.0. The first-order valence-electron chi connectivity index (χ1n) is 20.3. The Kier molecular flexibility index (Phi) is 12.3. The maximum absolute atomic E-state index is 13.3. The molecule has 7 nitrogen and oxygen atoms in total. The molecule has 2 aromatic rings. The van der Waals surface area contributed by atoms with Gasteiger partial charge in [0.25, 0.3) is 0 Å². The van der Waals surface area contributed by atoms with Crippen molar-refractivity contribution in [1.29, 1.82) is 0 Å². The number of azo groups is 1. The van der Waals surface area contributed by atoms with Crippen molar-refractivity contribution in [2.45, 2.75) is 118 Å². The summed E-state index contributed by atoms with van der Waals surface area (Å²) in [7, 11) is 0. The van der Waals surface area contributed by atoms with E-state index in [-0.39, 0.29) is 30.7 Å². The highest BCUT2D eigenvalue weighted by Gasteiger charge is 2.59. The van der Waals surface area contributed by atoms with Gasteiger partial charge in [-0.2, -0.15) is 10.2 Å². The molecule has 286 valence electrons. The molecule has 0 aromatic heterocycles. The highest BCUT2D eigenvalue weighted by atomic mass is 16.6. The van der Waals surface area contributed by atoms with Crippen molar-refractivity contribution in [2.75, 3.05) is 13.2 Å². The molecular formula is C46H62N2O5. The van der Waals surface area contributed by atoms with Gasteiger partial charge in [0.1, 0.15) is 25.1 Å². The standard InChI is InChI=1S/C46H62N2O5/c1-30(2)9-8-10-32(5)40-21-22-41-39-20-13-34-29-38(23-25-45(34,6)42(39)24-26-46(40,41)7)53-44(50)33-11-14-35(15-12-33)47-48-36-16-18-37(19-17-36)51-27-28-52-43(49)31(3)4/h11-19,30,32,38-42H,3,8-10,20-29H2,1-2,4-7H3/t32-,38?,39+,40-,41+,42+,45+,46-/m1/s1. The summed E-state index contributed by atoms with van der Waals surface area (Å²) < 4.78 is 16.8. The Labute approximate surface area is 318 Å². The van der Waals surface area contributed by atoms with Gasteiger partial charge in [-0.15, -0.1) is 0 Å². The van der Waals surface area contributed by atoms with E-state index in [0.717, 1.165) is 54.8 Å². The van der Waals surface area contributed by atoms with Gasteiger partial charge in [0.05, 0.1) is 16.9 Å². The number of ether oxygens (including phenoxy) is 3. The van der Waals surface area contributed by atoms with Gasteiger partial charge in [0.15, 0.2) is 0 Å². The molecule has 7 heteroatoms. The number of benzene rings is 2. The van der Waals surface area contributed by atoms with Crippen molar-refractivity contribution in [2.24, 2.45) is 56.6 Å². The van der Waals surface area contributed by atoms with Gasteiger partial charge in [-0.25, -0.2) is 9.59 Å². The van der Waals surface area contributed by atoms with Crippen LogP contribution < -0.4 is 4.74 Å². The minimum atomic E-state index is -0.429. The molecule has 8 atom stereocenters. The molecular weight excluding hydrogens is 661 g/mol. The Morgan fingerprint density at radius 3 is 2.25 bits per heavy atom. The van der Waals surface area contributed by atoms with Gasteiger partial charge < -0.3 is 14.2 Å². The lowest BCUT2D eigenvalue weighted by molar-refractivity contribution is -0.139. The second-order valence-electron chi connectivity index (χ2n) is 17.6. The molecule has 0 heterocycles. The van der Waals surface area contributed by atoms with Crippen LogP contribution >= 0.6 is 0 Å². The molecule has 0 amide bonds. The van der Waals surface area contributed by atoms with Gasteiger partial charge in [-0.1, -0.05) is 72.1 Å². The summed E-state index contributed by atoms with van der Waals surface area (Å²) in [6.45, 7) is 18.0. The van der Waals surface area contributed by atoms with E-state index in [1.165, 1.54) is 51.4 Å². The molecule has 0 radical (unpaired) electrons. The summed E-state index contributed by atoms with van der Waals surface area (Å²) in [4.78, 5) is 24.7. The number of rotatable bonds is 14. The lowest BCUT2D eigenvalue weighted by Crippen LogP contribution is -2.51. The second-order valence-corrected chi connectivity index (χ2v) is 17.6. The van der Waals surface area contributed by atoms with Gasteiger partial charge in [0, 0.05) is 12.0 Å². The zero-order valence-electron chi connectivity index (χ0n) is 33.1. The monoisotopic (exact) mass is 722 g/mol. The maximum atomic E-state index is 13.3. The van der Waals surface area contributed by atoms with Gasteiger partial charge in [-0.3, -0.25) is 0 Å². The number of carbonyl (C=O) groups excluding carboxylic acids is 2. The Morgan fingerprint density at radius 2 is 1.57 bits per heavy atom. The average Bonchev–Trinajstić information content (AvgIpc) is 3.50. The molecule has 0 aliphatic heterocycles. The van der Waals surface area contributed by atoms with Crippen LogP contribution in [-0.4, -0.2) is 31.3 Å². The predicted molar refractivity (Wildman–Crippen MR) is 211 cm³/mol. The summed E-state index contributed by atoms with van der Waals surface area (Å²) in [6, 6.07) is 14.3. The van der Waals surface area contributed by atoms with E-state index in [0.29, 0.717) is 33.7 Å². The normalized spacial score (nSPS) is 29.8. The second kappa shape index (κ2) is 16.7. The lowest BCUT2D eigenvalue weighted by atomic mass is 9.47. The van der Waals surface area contributed by atoms with E-state index in [1.807, 2.05) is 0 Å². The highest BCUT2D eigenvalue weighted by Crippen LogP contribution is 2.67. The fourth-order valence-electron chi connectivity index (χ4n) is 10.8. The Morgan fingerprint density at radius 1 is 0.868 bits per heavy atom. The average molecular weight is 723 g/mol. The number of hydrogen-bond donors (Lipinski definition) is 0. The first-order chi connectivity index (χ1) is 25.4. The Bertz CT molecular complexity index is 1660. The minimum absolute atomic E-state index is 0.0764. The first-order valence-corrected chi connectivity index (χ1v) is 20.3. The van der Waals surface area contributed by atoms with Crippen LogP contribution in [0.1, 0.15) is 123 Å². The van der Waals surface area contributed by atoms with E-state index in [1.54, 1.807) is 61.0 Å². The summed E-state index contributed by atoms with van der Waals surface area (Å²) in [5.41, 5.74) is 4.48. The van der Waals surface area contributed by atoms with E-state index < -0.39 is 5.97 Å². The molecule has 2 aromatic carbocycles. The highest BCUT2D eigenvalue weighted by molar-refractivity contribution is 5.90. The largest absolute Gasteiger partial charge is 0.490 e. The molecule has 3 saturated carbocycles. The number of carbonyl (C=O) groups is 2. The Balaban J connectivity index is 0.987. The van der Waals surface area contributed by atoms with Crippen molar-refractivity contribution in [3.05, 3.63) is 77.9 Å². The number of esters is 2. The lowest BCUT2D eigenvalue weighted by Gasteiger charge is -2.58. The molecule has 0 bridgehead atoms. The summed E-state index contributed by atoms with van der Waals surface area (Å²) >= 11 is 0. The van der Waals surface area contributed by atoms with Crippen LogP contribution in [0.15, 0.2) is 82.6 Å². The number of allylic oxidation sites excluding steroid dienone is 1. The third-order valence-electron chi connectivity index (χ3n) is 13.7. The molecule has 0 spiro atoms. The fraction of sp³-hybridized carbons (Fsp3) is 0.609. The molecule has 0 N–H and O–H groups in total. The number of fused-ring (bicyclic) bond motifs is 5. The maximum Gasteiger partial charge on any atom is 0.338 e. The van der Waals surface area contributed by atoms with Crippen LogP contribution in [-0.2, 0) is 14.3 Å². The third kappa shape index (κ3) is 8.81. The fourth-order valence-corrected chi connectivity index (χ4v) is 10.8. The van der Waals surface area contributed by atoms with Crippen molar-refractivity contribution in [3.8, 4) is 5.75 Å². The van der Waals surface area contributed by atoms with E-state index >= 15 is 0 Å². The summed E-state index contributed by atoms with van der Waals surface area (Å²) in [5, 5.41) is 8.65. The topological polar surface area (TPSA) is 86.5 Å². The molecule has 53 heavy (non-hydrogen) atoms. The van der Waals surface area contributed by atoms with Gasteiger partial charge >= 0.3 is 11.9 Å². The zero-order chi connectivity index (χ0) is 37.8. The van der Waals surface area contributed by atoms with E-state index in [4.69, 9.17) is 14.2 Å². The minimum Gasteiger partial charge on any atom is -0.490 e. The summed E-state index contributed by atoms with van der Waals surface area (Å²) in [6.07, 6.45) is 16.3. The van der Waals surface area contributed by atoms with Gasteiger partial charge in [-0.05, 0) is 147 Å². The van der Waals surface area contributed by atoms with Gasteiger partial charge in [0.2, 0.25) is 0 Å². The smallest absolute Gasteiger partial charge is 0.338 e. The summed E-state index contributed by atoms with van der Waals surface area (Å²) in [5.74, 6) is 4.87. The van der Waals surface area contributed by atoms with Crippen LogP contribution in [0.4, 0.5) is 11.4 Å². The Hall–Kier alpha value is -3.74. The number of hydrogen-bond acceptors (Lipinski definition) is 7. The molecule has 6 rings (SSSR count). The zero-order valence-corrected chi connectivity index (χ0v) is 33.1. The SMILES string of the molecule is C=C(C)C(=O)OCCOc1ccc(N=Nc2ccc(C(=O)OC3CC[C@@]4(C)C(=CC[C@H]5[C@@H]6CC[C@H]([C@H](C)CCCC(C)C)[C@@]6(C)CC[C@@H]54)C3)cc2)cc1. The van der Waals surface area contributed by atoms with Crippen LogP contribution in [0, 0.1) is 46.3 Å². The van der Waals surface area contributed by atoms with Crippen LogP contribution in [0.5, 0.6) is 5.75 Å². The quantitative estimate of drug-likeness (QED) is 0.0637. The van der Waals surface area contributed by atoms with Crippen molar-refractivity contribution in [3.63, 3.8) is 0 Å². The van der Waals surface area contributed by atoms with E-state index in [2.05, 4.69) is 57.5 Å². The van der Waals surface area contributed by atoms with Crippen LogP contribution in [0.2, 0.25) is 0 Å².